The number of benzene rings is 1. The van der Waals surface area contributed by atoms with Crippen molar-refractivity contribution < 1.29 is 14.1 Å². The number of nitrogens with one attached hydrogen (secondary N) is 1. The summed E-state index contributed by atoms with van der Waals surface area (Å²) in [7, 11) is 0. The normalized spacial score (nSPS) is 10.5. The second kappa shape index (κ2) is 6.84. The number of nitro benzene ring substituents is 1. The van der Waals surface area contributed by atoms with Crippen LogP contribution in [0.15, 0.2) is 30.4 Å². The minimum Gasteiger partial charge on any atom is -0.486 e. The second-order valence-electron chi connectivity index (χ2n) is 4.45. The molecule has 0 heterocycles. The summed E-state index contributed by atoms with van der Waals surface area (Å²) in [5, 5.41) is 13.6. The molecular formula is C13H17FN2O3. The van der Waals surface area contributed by atoms with Crippen LogP contribution in [0.3, 0.4) is 0 Å². The van der Waals surface area contributed by atoms with E-state index in [1.165, 1.54) is 12.1 Å². The zero-order valence-corrected chi connectivity index (χ0v) is 11.0. The van der Waals surface area contributed by atoms with Crippen LogP contribution in [0.2, 0.25) is 0 Å². The maximum Gasteiger partial charge on any atom is 0.272 e. The summed E-state index contributed by atoms with van der Waals surface area (Å²) in [5.41, 5.74) is 0.469. The molecule has 1 N–H and O–H groups in total. The van der Waals surface area contributed by atoms with Gasteiger partial charge in [-0.3, -0.25) is 10.1 Å². The van der Waals surface area contributed by atoms with Gasteiger partial charge in [0.15, 0.2) is 11.6 Å². The van der Waals surface area contributed by atoms with E-state index < -0.39 is 10.7 Å². The van der Waals surface area contributed by atoms with Crippen molar-refractivity contribution in [2.24, 2.45) is 0 Å². The van der Waals surface area contributed by atoms with Gasteiger partial charge in [0.05, 0.1) is 11.0 Å². The number of hydrogen-bond donors (Lipinski definition) is 1. The fourth-order valence-corrected chi connectivity index (χ4v) is 1.30. The highest BCUT2D eigenvalue weighted by atomic mass is 19.1. The van der Waals surface area contributed by atoms with E-state index >= 15 is 0 Å². The molecule has 19 heavy (non-hydrogen) atoms. The van der Waals surface area contributed by atoms with Crippen LogP contribution in [0.25, 0.3) is 0 Å². The Hall–Kier alpha value is -1.95. The SMILES string of the molecule is C=C(CNC(C)C)COc1ccc([N+](=O)[O-])cc1F. The van der Waals surface area contributed by atoms with Gasteiger partial charge in [-0.25, -0.2) is 4.39 Å². The molecule has 104 valence electrons. The highest BCUT2D eigenvalue weighted by Gasteiger charge is 2.11. The average molecular weight is 268 g/mol. The minimum absolute atomic E-state index is 0.0173. The predicted octanol–water partition coefficient (Wildman–Crippen LogP) is 2.67. The third kappa shape index (κ3) is 5.05. The van der Waals surface area contributed by atoms with E-state index in [4.69, 9.17) is 4.74 Å². The Bertz CT molecular complexity index is 475. The van der Waals surface area contributed by atoms with E-state index in [1.54, 1.807) is 0 Å². The molecule has 0 aliphatic carbocycles. The summed E-state index contributed by atoms with van der Waals surface area (Å²) in [6, 6.07) is 3.61. The van der Waals surface area contributed by atoms with Gasteiger partial charge < -0.3 is 10.1 Å². The maximum absolute atomic E-state index is 13.5. The average Bonchev–Trinajstić information content (AvgIpc) is 2.34. The summed E-state index contributed by atoms with van der Waals surface area (Å²) in [6.45, 7) is 8.54. The third-order valence-corrected chi connectivity index (χ3v) is 2.32. The van der Waals surface area contributed by atoms with Crippen molar-refractivity contribution in [3.05, 3.63) is 46.3 Å². The van der Waals surface area contributed by atoms with Gasteiger partial charge in [-0.1, -0.05) is 20.4 Å². The van der Waals surface area contributed by atoms with Crippen molar-refractivity contribution in [3.8, 4) is 5.75 Å². The summed E-state index contributed by atoms with van der Waals surface area (Å²) < 4.78 is 18.7. The molecule has 0 amide bonds. The first kappa shape index (κ1) is 15.1. The molecule has 0 aromatic heterocycles. The fraction of sp³-hybridized carbons (Fsp3) is 0.385. The van der Waals surface area contributed by atoms with Crippen molar-refractivity contribution in [2.75, 3.05) is 13.2 Å². The molecule has 0 fully saturated rings. The molecule has 0 spiro atoms. The molecule has 0 saturated heterocycles. The first-order valence-corrected chi connectivity index (χ1v) is 5.87. The van der Waals surface area contributed by atoms with Gasteiger partial charge >= 0.3 is 0 Å². The van der Waals surface area contributed by atoms with E-state index in [0.29, 0.717) is 12.6 Å². The molecule has 5 nitrogen and oxygen atoms in total. The number of nitro groups is 1. The van der Waals surface area contributed by atoms with Gasteiger partial charge in [0.2, 0.25) is 0 Å². The lowest BCUT2D eigenvalue weighted by molar-refractivity contribution is -0.385. The smallest absolute Gasteiger partial charge is 0.272 e. The van der Waals surface area contributed by atoms with Crippen molar-refractivity contribution >= 4 is 5.69 Å². The maximum atomic E-state index is 13.5. The van der Waals surface area contributed by atoms with Crippen LogP contribution in [0, 0.1) is 15.9 Å². The molecule has 0 bridgehead atoms. The molecule has 6 heteroatoms. The molecule has 0 unspecified atom stereocenters. The fourth-order valence-electron chi connectivity index (χ4n) is 1.30. The molecular weight excluding hydrogens is 251 g/mol. The van der Waals surface area contributed by atoms with Crippen LogP contribution >= 0.6 is 0 Å². The number of halogens is 1. The lowest BCUT2D eigenvalue weighted by Crippen LogP contribution is -2.26. The molecule has 1 aromatic rings. The highest BCUT2D eigenvalue weighted by Crippen LogP contribution is 2.22. The number of rotatable bonds is 7. The van der Waals surface area contributed by atoms with Crippen LogP contribution in [0.4, 0.5) is 10.1 Å². The summed E-state index contributed by atoms with van der Waals surface area (Å²) in [4.78, 5) is 9.80. The van der Waals surface area contributed by atoms with Gasteiger partial charge in [-0.2, -0.15) is 0 Å². The first-order valence-electron chi connectivity index (χ1n) is 5.87. The predicted molar refractivity (Wildman–Crippen MR) is 70.8 cm³/mol. The monoisotopic (exact) mass is 268 g/mol. The van der Waals surface area contributed by atoms with Crippen molar-refractivity contribution in [2.45, 2.75) is 19.9 Å². The topological polar surface area (TPSA) is 64.4 Å². The molecule has 0 aliphatic heterocycles. The number of non-ortho nitro benzene ring substituents is 1. The van der Waals surface area contributed by atoms with Crippen molar-refractivity contribution in [1.29, 1.82) is 0 Å². The van der Waals surface area contributed by atoms with Crippen molar-refractivity contribution in [3.63, 3.8) is 0 Å². The summed E-state index contributed by atoms with van der Waals surface area (Å²) in [5.74, 6) is -0.768. The largest absolute Gasteiger partial charge is 0.486 e. The Labute approximate surface area is 111 Å². The van der Waals surface area contributed by atoms with Gasteiger partial charge in [-0.15, -0.1) is 0 Å². The Morgan fingerprint density at radius 2 is 2.26 bits per heavy atom. The standard InChI is InChI=1S/C13H17FN2O3/c1-9(2)15-7-10(3)8-19-13-5-4-11(16(17)18)6-12(13)14/h4-6,9,15H,3,7-8H2,1-2H3. The Balaban J connectivity index is 2.54. The number of hydrogen-bond acceptors (Lipinski definition) is 4. The van der Waals surface area contributed by atoms with Gasteiger partial charge in [-0.05, 0) is 11.6 Å². The first-order chi connectivity index (χ1) is 8.90. The van der Waals surface area contributed by atoms with E-state index in [0.717, 1.165) is 11.6 Å². The van der Waals surface area contributed by atoms with E-state index in [2.05, 4.69) is 11.9 Å². The lowest BCUT2D eigenvalue weighted by atomic mass is 10.2. The number of nitrogens with zero attached hydrogens (tertiary/aromatic N) is 1. The Morgan fingerprint density at radius 3 is 2.79 bits per heavy atom. The molecule has 1 aromatic carbocycles. The Morgan fingerprint density at radius 1 is 1.58 bits per heavy atom. The Kier molecular flexibility index (Phi) is 5.44. The zero-order valence-electron chi connectivity index (χ0n) is 11.0. The zero-order chi connectivity index (χ0) is 14.4. The third-order valence-electron chi connectivity index (χ3n) is 2.32. The van der Waals surface area contributed by atoms with E-state index in [9.17, 15) is 14.5 Å². The van der Waals surface area contributed by atoms with Crippen LogP contribution in [0.5, 0.6) is 5.75 Å². The second-order valence-corrected chi connectivity index (χ2v) is 4.45. The summed E-state index contributed by atoms with van der Waals surface area (Å²) in [6.07, 6.45) is 0. The van der Waals surface area contributed by atoms with Crippen molar-refractivity contribution in [1.82, 2.24) is 5.32 Å². The van der Waals surface area contributed by atoms with Crippen LogP contribution in [-0.2, 0) is 0 Å². The van der Waals surface area contributed by atoms with Gasteiger partial charge in [0.25, 0.3) is 5.69 Å². The van der Waals surface area contributed by atoms with Gasteiger partial charge in [0.1, 0.15) is 6.61 Å². The quantitative estimate of drug-likeness (QED) is 0.469. The molecule has 0 saturated carbocycles. The molecule has 0 atom stereocenters. The number of ether oxygens (including phenoxy) is 1. The van der Waals surface area contributed by atoms with Gasteiger partial charge in [0, 0.05) is 18.7 Å². The summed E-state index contributed by atoms with van der Waals surface area (Å²) >= 11 is 0. The van der Waals surface area contributed by atoms with E-state index in [-0.39, 0.29) is 18.0 Å². The van der Waals surface area contributed by atoms with Crippen LogP contribution in [-0.4, -0.2) is 24.1 Å². The van der Waals surface area contributed by atoms with Crippen LogP contribution in [0.1, 0.15) is 13.8 Å². The lowest BCUT2D eigenvalue weighted by Gasteiger charge is -2.12. The highest BCUT2D eigenvalue weighted by molar-refractivity contribution is 5.37. The molecule has 1 rings (SSSR count). The molecule has 0 aliphatic rings. The molecule has 0 radical (unpaired) electrons. The minimum atomic E-state index is -0.751. The van der Waals surface area contributed by atoms with Crippen LogP contribution < -0.4 is 10.1 Å². The van der Waals surface area contributed by atoms with E-state index in [1.807, 2.05) is 13.8 Å².